The Morgan fingerprint density at radius 1 is 1.12 bits per heavy atom. The number of carbonyl (C=O) groups excluding carboxylic acids is 1. The lowest BCUT2D eigenvalue weighted by molar-refractivity contribution is -0.159. The Morgan fingerprint density at radius 2 is 1.85 bits per heavy atom. The molecule has 1 amide bonds. The summed E-state index contributed by atoms with van der Waals surface area (Å²) in [6.45, 7) is 1.01. The lowest BCUT2D eigenvalue weighted by Crippen LogP contribution is -2.32. The van der Waals surface area contributed by atoms with E-state index in [-0.39, 0.29) is 24.3 Å². The average Bonchev–Trinajstić information content (AvgIpc) is 3.50. The van der Waals surface area contributed by atoms with Crippen molar-refractivity contribution in [2.45, 2.75) is 25.1 Å². The first kappa shape index (κ1) is 23.4. The molecule has 3 aromatic rings. The Labute approximate surface area is 193 Å². The largest absolute Gasteiger partial charge is 0.493 e. The van der Waals surface area contributed by atoms with E-state index in [1.807, 2.05) is 6.07 Å². The summed E-state index contributed by atoms with van der Waals surface area (Å²) >= 11 is 0. The third kappa shape index (κ3) is 5.24. The van der Waals surface area contributed by atoms with Gasteiger partial charge in [0.25, 0.3) is 0 Å². The molecular formula is C23H22F3N3O5. The van der Waals surface area contributed by atoms with Crippen molar-refractivity contribution in [2.24, 2.45) is 0 Å². The van der Waals surface area contributed by atoms with Crippen LogP contribution in [0.1, 0.15) is 17.9 Å². The fourth-order valence-corrected chi connectivity index (χ4v) is 3.66. The molecule has 8 nitrogen and oxygen atoms in total. The van der Waals surface area contributed by atoms with Crippen LogP contribution in [0.2, 0.25) is 0 Å². The van der Waals surface area contributed by atoms with Crippen molar-refractivity contribution < 1.29 is 36.7 Å². The van der Waals surface area contributed by atoms with E-state index in [1.165, 1.54) is 0 Å². The molecule has 2 aromatic carbocycles. The van der Waals surface area contributed by atoms with Crippen LogP contribution in [0, 0.1) is 0 Å². The van der Waals surface area contributed by atoms with Gasteiger partial charge in [0, 0.05) is 18.5 Å². The number of ether oxygens (including phenoxy) is 3. The predicted molar refractivity (Wildman–Crippen MR) is 114 cm³/mol. The highest BCUT2D eigenvalue weighted by atomic mass is 19.4. The summed E-state index contributed by atoms with van der Waals surface area (Å²) in [5, 5.41) is 3.36. The van der Waals surface area contributed by atoms with Crippen molar-refractivity contribution >= 4 is 5.91 Å². The zero-order valence-corrected chi connectivity index (χ0v) is 18.5. The number of methoxy groups -OCH3 is 2. The number of halogens is 3. The van der Waals surface area contributed by atoms with Crippen LogP contribution in [-0.2, 0) is 17.4 Å². The molecule has 1 atom stereocenters. The highest BCUT2D eigenvalue weighted by Gasteiger charge is 2.38. The van der Waals surface area contributed by atoms with Crippen LogP contribution in [0.5, 0.6) is 17.2 Å². The number of rotatable bonds is 7. The summed E-state index contributed by atoms with van der Waals surface area (Å²) < 4.78 is 58.6. The van der Waals surface area contributed by atoms with E-state index in [2.05, 4.69) is 14.7 Å². The van der Waals surface area contributed by atoms with Crippen LogP contribution < -0.4 is 14.2 Å². The Balaban J connectivity index is 1.32. The van der Waals surface area contributed by atoms with Gasteiger partial charge in [-0.1, -0.05) is 11.2 Å². The number of nitrogens with zero attached hydrogens (tertiary/aromatic N) is 3. The molecule has 1 saturated heterocycles. The fraction of sp³-hybridized carbons (Fsp3) is 0.348. The summed E-state index contributed by atoms with van der Waals surface area (Å²) in [7, 11) is 3.09. The van der Waals surface area contributed by atoms with Gasteiger partial charge in [-0.15, -0.1) is 0 Å². The average molecular weight is 477 g/mol. The summed E-state index contributed by atoms with van der Waals surface area (Å²) in [6, 6.07) is 11.7. The van der Waals surface area contributed by atoms with Crippen molar-refractivity contribution in [3.05, 3.63) is 53.9 Å². The highest BCUT2D eigenvalue weighted by molar-refractivity contribution is 5.79. The number of hydrogen-bond donors (Lipinski definition) is 0. The molecule has 0 spiro atoms. The van der Waals surface area contributed by atoms with Gasteiger partial charge in [0.15, 0.2) is 11.5 Å². The molecule has 0 aliphatic carbocycles. The predicted octanol–water partition coefficient (Wildman–Crippen LogP) is 4.00. The van der Waals surface area contributed by atoms with Gasteiger partial charge >= 0.3 is 12.1 Å². The second-order valence-electron chi connectivity index (χ2n) is 7.68. The van der Waals surface area contributed by atoms with E-state index < -0.39 is 12.1 Å². The first-order chi connectivity index (χ1) is 16.3. The van der Waals surface area contributed by atoms with E-state index >= 15 is 0 Å². The molecule has 2 heterocycles. The SMILES string of the molecule is COc1ccc(CC(=O)N2CCC(Oc3ccc(-c4noc(C(F)(F)F)n4)cc3)C2)cc1OC. The molecule has 1 aromatic heterocycles. The smallest absolute Gasteiger partial charge is 0.471 e. The zero-order chi connectivity index (χ0) is 24.3. The molecule has 0 saturated carbocycles. The zero-order valence-electron chi connectivity index (χ0n) is 18.5. The standard InChI is InChI=1S/C23H22F3N3O5/c1-31-18-8-3-14(11-19(18)32-2)12-20(30)29-10-9-17(13-29)33-16-6-4-15(5-7-16)21-27-22(34-28-21)23(24,25)26/h3-8,11,17H,9-10,12-13H2,1-2H3. The van der Waals surface area contributed by atoms with E-state index in [9.17, 15) is 18.0 Å². The molecule has 1 aliphatic rings. The van der Waals surface area contributed by atoms with Gasteiger partial charge in [-0.05, 0) is 42.0 Å². The van der Waals surface area contributed by atoms with Crippen LogP contribution >= 0.6 is 0 Å². The van der Waals surface area contributed by atoms with Gasteiger partial charge in [-0.25, -0.2) is 0 Å². The molecule has 34 heavy (non-hydrogen) atoms. The second-order valence-corrected chi connectivity index (χ2v) is 7.68. The summed E-state index contributed by atoms with van der Waals surface area (Å²) in [5.41, 5.74) is 1.18. The Kier molecular flexibility index (Phi) is 6.62. The van der Waals surface area contributed by atoms with E-state index in [4.69, 9.17) is 14.2 Å². The molecule has 1 fully saturated rings. The first-order valence-electron chi connectivity index (χ1n) is 10.4. The summed E-state index contributed by atoms with van der Waals surface area (Å²) in [4.78, 5) is 17.8. The minimum atomic E-state index is -4.69. The summed E-state index contributed by atoms with van der Waals surface area (Å²) in [5.74, 6) is 0.112. The normalized spacial score (nSPS) is 15.9. The number of hydrogen-bond acceptors (Lipinski definition) is 7. The van der Waals surface area contributed by atoms with Crippen molar-refractivity contribution in [3.63, 3.8) is 0 Å². The van der Waals surface area contributed by atoms with Crippen molar-refractivity contribution in [1.29, 1.82) is 0 Å². The van der Waals surface area contributed by atoms with Crippen LogP contribution in [0.25, 0.3) is 11.4 Å². The van der Waals surface area contributed by atoms with Crippen molar-refractivity contribution in [2.75, 3.05) is 27.3 Å². The maximum Gasteiger partial charge on any atom is 0.471 e. The molecule has 11 heteroatoms. The molecule has 1 aliphatic heterocycles. The minimum Gasteiger partial charge on any atom is -0.493 e. The number of likely N-dealkylation sites (tertiary alicyclic amines) is 1. The quantitative estimate of drug-likeness (QED) is 0.509. The molecule has 4 rings (SSSR count). The van der Waals surface area contributed by atoms with Gasteiger partial charge in [0.1, 0.15) is 11.9 Å². The monoisotopic (exact) mass is 477 g/mol. The van der Waals surface area contributed by atoms with Crippen molar-refractivity contribution in [3.8, 4) is 28.6 Å². The van der Waals surface area contributed by atoms with Gasteiger partial charge in [-0.2, -0.15) is 18.2 Å². The van der Waals surface area contributed by atoms with Crippen LogP contribution in [0.4, 0.5) is 13.2 Å². The van der Waals surface area contributed by atoms with E-state index in [1.54, 1.807) is 55.5 Å². The Morgan fingerprint density at radius 3 is 2.50 bits per heavy atom. The van der Waals surface area contributed by atoms with Crippen molar-refractivity contribution in [1.82, 2.24) is 15.0 Å². The molecule has 1 unspecified atom stereocenters. The van der Waals surface area contributed by atoms with Gasteiger partial charge in [-0.3, -0.25) is 4.79 Å². The number of benzene rings is 2. The number of aromatic nitrogens is 2. The lowest BCUT2D eigenvalue weighted by Gasteiger charge is -2.18. The number of alkyl halides is 3. The third-order valence-electron chi connectivity index (χ3n) is 5.38. The van der Waals surface area contributed by atoms with Gasteiger partial charge < -0.3 is 23.6 Å². The van der Waals surface area contributed by atoms with E-state index in [0.717, 1.165) is 5.56 Å². The lowest BCUT2D eigenvalue weighted by atomic mass is 10.1. The van der Waals surface area contributed by atoms with Crippen LogP contribution in [0.15, 0.2) is 47.0 Å². The highest BCUT2D eigenvalue weighted by Crippen LogP contribution is 2.30. The molecule has 0 radical (unpaired) electrons. The molecule has 0 N–H and O–H groups in total. The van der Waals surface area contributed by atoms with Crippen LogP contribution in [0.3, 0.4) is 0 Å². The first-order valence-corrected chi connectivity index (χ1v) is 10.4. The maximum absolute atomic E-state index is 12.7. The van der Waals surface area contributed by atoms with E-state index in [0.29, 0.717) is 42.3 Å². The number of carbonyl (C=O) groups is 1. The molecular weight excluding hydrogens is 455 g/mol. The van der Waals surface area contributed by atoms with Gasteiger partial charge in [0.05, 0.1) is 27.2 Å². The Bertz CT molecular complexity index is 1150. The number of amides is 1. The fourth-order valence-electron chi connectivity index (χ4n) is 3.66. The second kappa shape index (κ2) is 9.62. The van der Waals surface area contributed by atoms with Gasteiger partial charge in [0.2, 0.25) is 11.7 Å². The topological polar surface area (TPSA) is 86.9 Å². The minimum absolute atomic E-state index is 0.0220. The Hall–Kier alpha value is -3.76. The molecule has 0 bridgehead atoms. The third-order valence-corrected chi connectivity index (χ3v) is 5.38. The van der Waals surface area contributed by atoms with Crippen LogP contribution in [-0.4, -0.2) is 54.4 Å². The molecule has 180 valence electrons. The maximum atomic E-state index is 12.7. The summed E-state index contributed by atoms with van der Waals surface area (Å²) in [6.07, 6.45) is -3.99.